The molecule has 2 aromatic rings. The first-order chi connectivity index (χ1) is 8.60. The van der Waals surface area contributed by atoms with Crippen LogP contribution in [0.1, 0.15) is 11.5 Å². The quantitative estimate of drug-likeness (QED) is 0.875. The summed E-state index contributed by atoms with van der Waals surface area (Å²) in [5.41, 5.74) is 0.192. The van der Waals surface area contributed by atoms with Gasteiger partial charge in [0.2, 0.25) is 5.89 Å². The third kappa shape index (κ3) is 2.62. The van der Waals surface area contributed by atoms with E-state index in [9.17, 15) is 8.78 Å². The van der Waals surface area contributed by atoms with Crippen LogP contribution in [0.25, 0.3) is 0 Å². The summed E-state index contributed by atoms with van der Waals surface area (Å²) in [7, 11) is 1.73. The number of nitrogens with zero attached hydrogens (tertiary/aromatic N) is 2. The van der Waals surface area contributed by atoms with Crippen LogP contribution in [0.4, 0.5) is 20.5 Å². The Bertz CT molecular complexity index is 556. The molecule has 0 aliphatic carbocycles. The summed E-state index contributed by atoms with van der Waals surface area (Å²) in [6, 6.07) is 2.16. The minimum absolute atomic E-state index is 0.0161. The summed E-state index contributed by atoms with van der Waals surface area (Å²) < 4.78 is 32.0. The van der Waals surface area contributed by atoms with Crippen molar-refractivity contribution in [3.63, 3.8) is 0 Å². The molecular formula is C11H12F2N4O. The van der Waals surface area contributed by atoms with Crippen molar-refractivity contribution in [3.05, 3.63) is 35.2 Å². The van der Waals surface area contributed by atoms with Gasteiger partial charge in [0, 0.05) is 6.07 Å². The minimum Gasteiger partial charge on any atom is -0.406 e. The fourth-order valence-electron chi connectivity index (χ4n) is 1.38. The molecule has 0 atom stereocenters. The Labute approximate surface area is 102 Å². The van der Waals surface area contributed by atoms with E-state index in [1.54, 1.807) is 7.05 Å². The van der Waals surface area contributed by atoms with Crippen LogP contribution in [0.3, 0.4) is 0 Å². The van der Waals surface area contributed by atoms with Gasteiger partial charge in [-0.2, -0.15) is 0 Å². The van der Waals surface area contributed by atoms with E-state index in [1.165, 1.54) is 6.92 Å². The zero-order chi connectivity index (χ0) is 13.1. The first kappa shape index (κ1) is 12.4. The largest absolute Gasteiger partial charge is 0.406 e. The van der Waals surface area contributed by atoms with Gasteiger partial charge < -0.3 is 15.1 Å². The van der Waals surface area contributed by atoms with Crippen molar-refractivity contribution in [2.24, 2.45) is 0 Å². The molecule has 0 radical (unpaired) electrons. The van der Waals surface area contributed by atoms with Crippen LogP contribution in [0.2, 0.25) is 0 Å². The van der Waals surface area contributed by atoms with Gasteiger partial charge in [0.25, 0.3) is 0 Å². The molecule has 1 aromatic heterocycles. The second-order valence-electron chi connectivity index (χ2n) is 3.74. The molecule has 0 aliphatic rings. The summed E-state index contributed by atoms with van der Waals surface area (Å²) >= 11 is 0. The zero-order valence-corrected chi connectivity index (χ0v) is 9.92. The highest BCUT2D eigenvalue weighted by Gasteiger charge is 2.11. The molecule has 0 aliphatic heterocycles. The number of aryl methyl sites for hydroxylation is 1. The third-order valence-electron chi connectivity index (χ3n) is 2.28. The molecule has 0 saturated carbocycles. The van der Waals surface area contributed by atoms with Crippen molar-refractivity contribution in [3.8, 4) is 0 Å². The number of nitrogens with one attached hydrogen (secondary N) is 2. The highest BCUT2D eigenvalue weighted by atomic mass is 19.1. The molecule has 0 spiro atoms. The number of benzene rings is 1. The van der Waals surface area contributed by atoms with E-state index in [1.807, 2.05) is 0 Å². The van der Waals surface area contributed by atoms with Crippen molar-refractivity contribution in [2.45, 2.75) is 13.5 Å². The average molecular weight is 254 g/mol. The van der Waals surface area contributed by atoms with Gasteiger partial charge in [-0.05, 0) is 25.6 Å². The Morgan fingerprint density at radius 2 is 2.00 bits per heavy atom. The number of hydrogen-bond acceptors (Lipinski definition) is 5. The molecule has 96 valence electrons. The van der Waals surface area contributed by atoms with E-state index < -0.39 is 11.6 Å². The van der Waals surface area contributed by atoms with Crippen molar-refractivity contribution in [1.82, 2.24) is 15.5 Å². The van der Waals surface area contributed by atoms with Gasteiger partial charge in [-0.1, -0.05) is 5.10 Å². The first-order valence-electron chi connectivity index (χ1n) is 5.30. The van der Waals surface area contributed by atoms with E-state index in [0.29, 0.717) is 12.4 Å². The molecule has 1 heterocycles. The standard InChI is InChI=1S/C11H12F2N4O/c1-6-3-8(13)9(4-7(6)12)15-11-17-16-10(18-11)5-14-2/h3-4,14H,5H2,1-2H3,(H,15,17). The van der Waals surface area contributed by atoms with E-state index in [2.05, 4.69) is 20.8 Å². The van der Waals surface area contributed by atoms with Crippen LogP contribution in [-0.4, -0.2) is 17.2 Å². The van der Waals surface area contributed by atoms with E-state index in [0.717, 1.165) is 12.1 Å². The maximum absolute atomic E-state index is 13.5. The van der Waals surface area contributed by atoms with Crippen molar-refractivity contribution in [1.29, 1.82) is 0 Å². The maximum atomic E-state index is 13.5. The number of anilines is 2. The molecule has 7 heteroatoms. The predicted octanol–water partition coefficient (Wildman–Crippen LogP) is 2.12. The second-order valence-corrected chi connectivity index (χ2v) is 3.74. The van der Waals surface area contributed by atoms with Crippen molar-refractivity contribution < 1.29 is 13.2 Å². The Hall–Kier alpha value is -2.02. The Morgan fingerprint density at radius 1 is 1.22 bits per heavy atom. The van der Waals surface area contributed by atoms with Gasteiger partial charge in [0.15, 0.2) is 0 Å². The van der Waals surface area contributed by atoms with Gasteiger partial charge in [-0.25, -0.2) is 8.78 Å². The molecule has 2 N–H and O–H groups in total. The topological polar surface area (TPSA) is 63.0 Å². The van der Waals surface area contributed by atoms with Gasteiger partial charge in [0.05, 0.1) is 12.2 Å². The van der Waals surface area contributed by atoms with Crippen LogP contribution >= 0.6 is 0 Å². The number of aromatic nitrogens is 2. The summed E-state index contributed by atoms with van der Waals surface area (Å²) in [6.45, 7) is 1.89. The average Bonchev–Trinajstić information content (AvgIpc) is 2.74. The SMILES string of the molecule is CNCc1nnc(Nc2cc(F)c(C)cc2F)o1. The Balaban J connectivity index is 2.20. The lowest BCUT2D eigenvalue weighted by Crippen LogP contribution is -2.04. The summed E-state index contributed by atoms with van der Waals surface area (Å²) in [4.78, 5) is 0. The molecule has 0 amide bonds. The van der Waals surface area contributed by atoms with Gasteiger partial charge in [-0.15, -0.1) is 5.10 Å². The van der Waals surface area contributed by atoms with E-state index in [4.69, 9.17) is 4.42 Å². The third-order valence-corrected chi connectivity index (χ3v) is 2.28. The second kappa shape index (κ2) is 5.09. The molecule has 0 saturated heterocycles. The van der Waals surface area contributed by atoms with Gasteiger partial charge in [0.1, 0.15) is 11.6 Å². The Morgan fingerprint density at radius 3 is 2.72 bits per heavy atom. The van der Waals surface area contributed by atoms with Crippen LogP contribution in [0.5, 0.6) is 0 Å². The lowest BCUT2D eigenvalue weighted by atomic mass is 10.2. The molecule has 0 fully saturated rings. The molecule has 2 rings (SSSR count). The molecular weight excluding hydrogens is 242 g/mol. The first-order valence-corrected chi connectivity index (χ1v) is 5.30. The summed E-state index contributed by atoms with van der Waals surface area (Å²) in [6.07, 6.45) is 0. The number of hydrogen-bond donors (Lipinski definition) is 2. The monoisotopic (exact) mass is 254 g/mol. The molecule has 0 unspecified atom stereocenters. The van der Waals surface area contributed by atoms with Gasteiger partial charge >= 0.3 is 6.01 Å². The minimum atomic E-state index is -0.581. The van der Waals surface area contributed by atoms with Crippen molar-refractivity contribution in [2.75, 3.05) is 12.4 Å². The fraction of sp³-hybridized carbons (Fsp3) is 0.273. The summed E-state index contributed by atoms with van der Waals surface area (Å²) in [5.74, 6) is -0.732. The highest BCUT2D eigenvalue weighted by molar-refractivity contribution is 5.53. The fourth-order valence-corrected chi connectivity index (χ4v) is 1.38. The van der Waals surface area contributed by atoms with E-state index in [-0.39, 0.29) is 17.3 Å². The van der Waals surface area contributed by atoms with Gasteiger partial charge in [-0.3, -0.25) is 0 Å². The van der Waals surface area contributed by atoms with Crippen LogP contribution < -0.4 is 10.6 Å². The molecule has 0 bridgehead atoms. The molecule has 1 aromatic carbocycles. The predicted molar refractivity (Wildman–Crippen MR) is 61.4 cm³/mol. The number of halogens is 2. The molecule has 5 nitrogen and oxygen atoms in total. The number of rotatable bonds is 4. The van der Waals surface area contributed by atoms with Crippen LogP contribution in [0, 0.1) is 18.6 Å². The summed E-state index contributed by atoms with van der Waals surface area (Å²) in [5, 5.41) is 12.7. The lowest BCUT2D eigenvalue weighted by molar-refractivity contribution is 0.492. The lowest BCUT2D eigenvalue weighted by Gasteiger charge is -2.04. The maximum Gasteiger partial charge on any atom is 0.320 e. The smallest absolute Gasteiger partial charge is 0.320 e. The normalized spacial score (nSPS) is 10.7. The van der Waals surface area contributed by atoms with Crippen LogP contribution in [-0.2, 0) is 6.54 Å². The highest BCUT2D eigenvalue weighted by Crippen LogP contribution is 2.22. The van der Waals surface area contributed by atoms with Crippen LogP contribution in [0.15, 0.2) is 16.5 Å². The van der Waals surface area contributed by atoms with Crippen molar-refractivity contribution >= 4 is 11.7 Å². The molecule has 18 heavy (non-hydrogen) atoms. The zero-order valence-electron chi connectivity index (χ0n) is 9.92. The Kier molecular flexibility index (Phi) is 3.52. The van der Waals surface area contributed by atoms with E-state index >= 15 is 0 Å².